The Balaban J connectivity index is 1.88. The second-order valence-electron chi connectivity index (χ2n) is 4.59. The van der Waals surface area contributed by atoms with Crippen LogP contribution in [0, 0.1) is 6.92 Å². The molecule has 2 aromatic rings. The number of nitrogens with zero attached hydrogens (tertiary/aromatic N) is 1. The van der Waals surface area contributed by atoms with Gasteiger partial charge in [-0.2, -0.15) is 0 Å². The minimum absolute atomic E-state index is 0.731. The van der Waals surface area contributed by atoms with Gasteiger partial charge in [0.15, 0.2) is 0 Å². The number of benzene rings is 1. The van der Waals surface area contributed by atoms with Gasteiger partial charge in [0.1, 0.15) is 5.03 Å². The molecule has 0 radical (unpaired) electrons. The summed E-state index contributed by atoms with van der Waals surface area (Å²) in [6, 6.07) is 12.6. The molecule has 0 fully saturated rings. The predicted molar refractivity (Wildman–Crippen MR) is 83.1 cm³/mol. The van der Waals surface area contributed by atoms with Gasteiger partial charge in [0.2, 0.25) is 0 Å². The topological polar surface area (TPSA) is 34.1 Å². The highest BCUT2D eigenvalue weighted by Gasteiger charge is 2.00. The van der Waals surface area contributed by atoms with Crippen molar-refractivity contribution in [3.05, 3.63) is 53.7 Å². The van der Waals surface area contributed by atoms with Crippen molar-refractivity contribution in [3.63, 3.8) is 0 Å². The molecule has 20 heavy (non-hydrogen) atoms. The van der Waals surface area contributed by atoms with Crippen LogP contribution < -0.4 is 5.32 Å². The van der Waals surface area contributed by atoms with E-state index in [0.29, 0.717) is 0 Å². The first-order chi connectivity index (χ1) is 9.78. The third-order valence-electron chi connectivity index (χ3n) is 2.82. The normalized spacial score (nSPS) is 10.7. The summed E-state index contributed by atoms with van der Waals surface area (Å²) in [6.07, 6.45) is 1.93. The Hall–Kier alpha value is -1.36. The number of aryl methyl sites for hydroxylation is 1. The molecular formula is C16H20N2OS. The van der Waals surface area contributed by atoms with Crippen molar-refractivity contribution in [1.82, 2.24) is 10.3 Å². The Labute approximate surface area is 124 Å². The van der Waals surface area contributed by atoms with E-state index in [1.807, 2.05) is 6.20 Å². The van der Waals surface area contributed by atoms with Gasteiger partial charge < -0.3 is 10.1 Å². The van der Waals surface area contributed by atoms with E-state index in [-0.39, 0.29) is 0 Å². The molecule has 1 aromatic carbocycles. The van der Waals surface area contributed by atoms with E-state index >= 15 is 0 Å². The lowest BCUT2D eigenvalue weighted by Crippen LogP contribution is -2.18. The summed E-state index contributed by atoms with van der Waals surface area (Å²) in [7, 11) is 1.71. The van der Waals surface area contributed by atoms with Gasteiger partial charge in [-0.3, -0.25) is 0 Å². The van der Waals surface area contributed by atoms with Crippen molar-refractivity contribution in [2.45, 2.75) is 23.4 Å². The van der Waals surface area contributed by atoms with Crippen molar-refractivity contribution >= 4 is 11.8 Å². The molecule has 0 unspecified atom stereocenters. The Morgan fingerprint density at radius 3 is 2.85 bits per heavy atom. The van der Waals surface area contributed by atoms with E-state index < -0.39 is 0 Å². The van der Waals surface area contributed by atoms with Crippen LogP contribution >= 0.6 is 11.8 Å². The first-order valence-corrected chi connectivity index (χ1v) is 7.48. The number of hydrogen-bond donors (Lipinski definition) is 1. The molecule has 0 aliphatic carbocycles. The van der Waals surface area contributed by atoms with Gasteiger partial charge in [-0.15, -0.1) is 0 Å². The molecule has 0 bridgehead atoms. The molecule has 0 amide bonds. The van der Waals surface area contributed by atoms with Crippen LogP contribution in [0.3, 0.4) is 0 Å². The maximum atomic E-state index is 4.99. The summed E-state index contributed by atoms with van der Waals surface area (Å²) < 4.78 is 4.99. The number of pyridine rings is 1. The fourth-order valence-corrected chi connectivity index (χ4v) is 2.66. The average molecular weight is 288 g/mol. The van der Waals surface area contributed by atoms with Crippen molar-refractivity contribution in [3.8, 4) is 0 Å². The lowest BCUT2D eigenvalue weighted by molar-refractivity contribution is 0.199. The molecule has 0 aliphatic rings. The fourth-order valence-electron chi connectivity index (χ4n) is 1.78. The summed E-state index contributed by atoms with van der Waals surface area (Å²) in [5.41, 5.74) is 2.46. The summed E-state index contributed by atoms with van der Waals surface area (Å²) >= 11 is 1.69. The molecule has 0 atom stereocenters. The number of ether oxygens (including phenoxy) is 1. The van der Waals surface area contributed by atoms with Crippen molar-refractivity contribution in [2.75, 3.05) is 20.3 Å². The van der Waals surface area contributed by atoms with Crippen LogP contribution in [0.4, 0.5) is 0 Å². The van der Waals surface area contributed by atoms with E-state index in [4.69, 9.17) is 4.74 Å². The largest absolute Gasteiger partial charge is 0.383 e. The van der Waals surface area contributed by atoms with Crippen LogP contribution in [0.1, 0.15) is 11.1 Å². The standard InChI is InChI=1S/C16H20N2OS/c1-13-4-3-5-15(10-13)20-16-7-6-14(12-18-16)11-17-8-9-19-2/h3-7,10,12,17H,8-9,11H2,1-2H3. The average Bonchev–Trinajstić information content (AvgIpc) is 2.45. The molecule has 0 saturated heterocycles. The van der Waals surface area contributed by atoms with Gasteiger partial charge in [-0.05, 0) is 30.7 Å². The van der Waals surface area contributed by atoms with Crippen LogP contribution in [0.15, 0.2) is 52.5 Å². The molecule has 4 heteroatoms. The van der Waals surface area contributed by atoms with Crippen LogP contribution in [0.25, 0.3) is 0 Å². The lowest BCUT2D eigenvalue weighted by atomic mass is 10.2. The van der Waals surface area contributed by atoms with E-state index in [1.165, 1.54) is 16.0 Å². The fraction of sp³-hybridized carbons (Fsp3) is 0.312. The number of aromatic nitrogens is 1. The summed E-state index contributed by atoms with van der Waals surface area (Å²) in [4.78, 5) is 5.72. The molecule has 106 valence electrons. The molecule has 0 aliphatic heterocycles. The van der Waals surface area contributed by atoms with Crippen molar-refractivity contribution in [2.24, 2.45) is 0 Å². The molecule has 1 aromatic heterocycles. The van der Waals surface area contributed by atoms with Crippen LogP contribution in [0.2, 0.25) is 0 Å². The first-order valence-electron chi connectivity index (χ1n) is 6.67. The SMILES string of the molecule is COCCNCc1ccc(Sc2cccc(C)c2)nc1. The summed E-state index contributed by atoms with van der Waals surface area (Å²) in [5.74, 6) is 0. The quantitative estimate of drug-likeness (QED) is 0.793. The Morgan fingerprint density at radius 1 is 1.25 bits per heavy atom. The van der Waals surface area contributed by atoms with Crippen molar-refractivity contribution in [1.29, 1.82) is 0 Å². The third-order valence-corrected chi connectivity index (χ3v) is 3.76. The van der Waals surface area contributed by atoms with Gasteiger partial charge >= 0.3 is 0 Å². The maximum Gasteiger partial charge on any atom is 0.101 e. The smallest absolute Gasteiger partial charge is 0.101 e. The van der Waals surface area contributed by atoms with Gasteiger partial charge in [-0.25, -0.2) is 4.98 Å². The monoisotopic (exact) mass is 288 g/mol. The Kier molecular flexibility index (Phi) is 6.05. The van der Waals surface area contributed by atoms with Crippen LogP contribution in [-0.4, -0.2) is 25.2 Å². The highest BCUT2D eigenvalue weighted by atomic mass is 32.2. The molecule has 1 N–H and O–H groups in total. The Morgan fingerprint density at radius 2 is 2.15 bits per heavy atom. The number of rotatable bonds is 7. The van der Waals surface area contributed by atoms with E-state index in [9.17, 15) is 0 Å². The summed E-state index contributed by atoms with van der Waals surface area (Å²) in [6.45, 7) is 4.52. The van der Waals surface area contributed by atoms with Gasteiger partial charge in [0.05, 0.1) is 6.61 Å². The molecule has 2 rings (SSSR count). The van der Waals surface area contributed by atoms with Crippen molar-refractivity contribution < 1.29 is 4.74 Å². The van der Waals surface area contributed by atoms with E-state index in [1.54, 1.807) is 18.9 Å². The second kappa shape index (κ2) is 8.04. The van der Waals surface area contributed by atoms with Gasteiger partial charge in [0, 0.05) is 31.3 Å². The predicted octanol–water partition coefficient (Wildman–Crippen LogP) is 3.28. The third kappa shape index (κ3) is 4.96. The first kappa shape index (κ1) is 15.0. The highest BCUT2D eigenvalue weighted by molar-refractivity contribution is 7.99. The minimum atomic E-state index is 0.731. The summed E-state index contributed by atoms with van der Waals surface area (Å²) in [5, 5.41) is 4.33. The minimum Gasteiger partial charge on any atom is -0.383 e. The Bertz CT molecular complexity index is 528. The zero-order valence-corrected chi connectivity index (χ0v) is 12.7. The van der Waals surface area contributed by atoms with Crippen LogP contribution in [-0.2, 0) is 11.3 Å². The van der Waals surface area contributed by atoms with Crippen LogP contribution in [0.5, 0.6) is 0 Å². The lowest BCUT2D eigenvalue weighted by Gasteiger charge is -2.05. The molecular weight excluding hydrogens is 268 g/mol. The number of nitrogens with one attached hydrogen (secondary N) is 1. The van der Waals surface area contributed by atoms with E-state index in [2.05, 4.69) is 53.6 Å². The number of hydrogen-bond acceptors (Lipinski definition) is 4. The zero-order chi connectivity index (χ0) is 14.2. The number of methoxy groups -OCH3 is 1. The molecule has 3 nitrogen and oxygen atoms in total. The molecule has 0 saturated carbocycles. The van der Waals surface area contributed by atoms with Gasteiger partial charge in [0.25, 0.3) is 0 Å². The second-order valence-corrected chi connectivity index (χ2v) is 5.69. The zero-order valence-electron chi connectivity index (χ0n) is 11.9. The van der Waals surface area contributed by atoms with Gasteiger partial charge in [-0.1, -0.05) is 35.5 Å². The van der Waals surface area contributed by atoms with E-state index in [0.717, 1.165) is 24.7 Å². The molecule has 1 heterocycles. The highest BCUT2D eigenvalue weighted by Crippen LogP contribution is 2.26. The molecule has 0 spiro atoms. The maximum absolute atomic E-state index is 4.99.